The molecular weight excluding hydrogens is 196 g/mol. The monoisotopic (exact) mass is 224 g/mol. The molecule has 0 aliphatic heterocycles. The number of unbranched alkanes of at least 4 members (excludes halogenated alkanes) is 1. The van der Waals surface area contributed by atoms with Crippen LogP contribution in [-0.4, -0.2) is 6.29 Å². The zero-order valence-corrected chi connectivity index (χ0v) is 11.5. The number of rotatable bonds is 9. The number of hydrogen-bond donors (Lipinski definition) is 0. The topological polar surface area (TPSA) is 17.1 Å². The number of carbonyl (C=O) groups excluding carboxylic acids is 1. The van der Waals surface area contributed by atoms with Gasteiger partial charge in [-0.15, -0.1) is 0 Å². The Morgan fingerprint density at radius 1 is 1.12 bits per heavy atom. The van der Waals surface area contributed by atoms with Crippen molar-refractivity contribution in [3.63, 3.8) is 0 Å². The van der Waals surface area contributed by atoms with E-state index in [0.717, 1.165) is 19.1 Å². The van der Waals surface area contributed by atoms with E-state index in [1.54, 1.807) is 0 Å². The molecule has 0 unspecified atom stereocenters. The second-order valence-electron chi connectivity index (χ2n) is 4.83. The van der Waals surface area contributed by atoms with E-state index < -0.39 is 0 Å². The van der Waals surface area contributed by atoms with Crippen LogP contribution in [0, 0.1) is 11.8 Å². The third-order valence-electron chi connectivity index (χ3n) is 3.27. The van der Waals surface area contributed by atoms with E-state index in [1.807, 2.05) is 0 Å². The smallest absolute Gasteiger partial charge is 0.123 e. The third kappa shape index (κ3) is 6.81. The SMILES string of the molecule is CCCC[C@@H](/C=C(\C)C[C@H](C=O)CC)CC. The third-order valence-corrected chi connectivity index (χ3v) is 3.27. The van der Waals surface area contributed by atoms with Gasteiger partial charge in [0.15, 0.2) is 0 Å². The molecule has 0 fully saturated rings. The molecular formula is C15H28O. The molecule has 0 aromatic carbocycles. The molecule has 0 spiro atoms. The zero-order valence-electron chi connectivity index (χ0n) is 11.5. The molecule has 2 atom stereocenters. The predicted octanol–water partition coefficient (Wildman–Crippen LogP) is 4.76. The maximum atomic E-state index is 10.8. The van der Waals surface area contributed by atoms with E-state index in [2.05, 4.69) is 33.8 Å². The fourth-order valence-electron chi connectivity index (χ4n) is 2.04. The minimum atomic E-state index is 0.222. The van der Waals surface area contributed by atoms with Gasteiger partial charge in [-0.2, -0.15) is 0 Å². The van der Waals surface area contributed by atoms with Crippen LogP contribution in [0.15, 0.2) is 11.6 Å². The highest BCUT2D eigenvalue weighted by molar-refractivity contribution is 5.53. The molecule has 0 saturated heterocycles. The van der Waals surface area contributed by atoms with Crippen molar-refractivity contribution in [3.8, 4) is 0 Å². The molecule has 16 heavy (non-hydrogen) atoms. The lowest BCUT2D eigenvalue weighted by molar-refractivity contribution is -0.111. The van der Waals surface area contributed by atoms with Gasteiger partial charge in [0, 0.05) is 5.92 Å². The number of carbonyl (C=O) groups is 1. The van der Waals surface area contributed by atoms with Crippen molar-refractivity contribution >= 4 is 6.29 Å². The summed E-state index contributed by atoms with van der Waals surface area (Å²) >= 11 is 0. The van der Waals surface area contributed by atoms with Crippen molar-refractivity contribution < 1.29 is 4.79 Å². The van der Waals surface area contributed by atoms with E-state index in [9.17, 15) is 4.79 Å². The van der Waals surface area contributed by atoms with Crippen LogP contribution in [-0.2, 0) is 4.79 Å². The van der Waals surface area contributed by atoms with Gasteiger partial charge in [-0.05, 0) is 38.5 Å². The van der Waals surface area contributed by atoms with Crippen molar-refractivity contribution in [2.45, 2.75) is 66.2 Å². The lowest BCUT2D eigenvalue weighted by Crippen LogP contribution is -2.02. The Kier molecular flexibility index (Phi) is 9.27. The Morgan fingerprint density at radius 2 is 1.75 bits per heavy atom. The summed E-state index contributed by atoms with van der Waals surface area (Å²) < 4.78 is 0. The number of aldehydes is 1. The van der Waals surface area contributed by atoms with Crippen LogP contribution < -0.4 is 0 Å². The lowest BCUT2D eigenvalue weighted by atomic mass is 9.93. The number of hydrogen-bond acceptors (Lipinski definition) is 1. The highest BCUT2D eigenvalue weighted by Gasteiger charge is 2.07. The van der Waals surface area contributed by atoms with Gasteiger partial charge in [-0.1, -0.05) is 45.3 Å². The summed E-state index contributed by atoms with van der Waals surface area (Å²) in [6.45, 7) is 8.74. The molecule has 0 aromatic heterocycles. The highest BCUT2D eigenvalue weighted by Crippen LogP contribution is 2.20. The minimum Gasteiger partial charge on any atom is -0.303 e. The fourth-order valence-corrected chi connectivity index (χ4v) is 2.04. The van der Waals surface area contributed by atoms with E-state index in [-0.39, 0.29) is 5.92 Å². The molecule has 1 nitrogen and oxygen atoms in total. The minimum absolute atomic E-state index is 0.222. The molecule has 0 saturated carbocycles. The van der Waals surface area contributed by atoms with E-state index in [4.69, 9.17) is 0 Å². The van der Waals surface area contributed by atoms with Crippen molar-refractivity contribution in [3.05, 3.63) is 11.6 Å². The van der Waals surface area contributed by atoms with Crippen molar-refractivity contribution in [1.29, 1.82) is 0 Å². The second-order valence-corrected chi connectivity index (χ2v) is 4.83. The van der Waals surface area contributed by atoms with E-state index in [0.29, 0.717) is 5.92 Å². The van der Waals surface area contributed by atoms with Crippen LogP contribution in [0.5, 0.6) is 0 Å². The fraction of sp³-hybridized carbons (Fsp3) is 0.800. The standard InChI is InChI=1S/C15H28O/c1-5-8-9-14(6-2)10-13(4)11-15(7-3)12-16/h10,12,14-15H,5-9,11H2,1-4H3/b13-10+/t14-,15+/m0/s1. The Bertz CT molecular complexity index is 205. The van der Waals surface area contributed by atoms with Gasteiger partial charge in [0.25, 0.3) is 0 Å². The van der Waals surface area contributed by atoms with Crippen molar-refractivity contribution in [1.82, 2.24) is 0 Å². The van der Waals surface area contributed by atoms with Crippen LogP contribution in [0.4, 0.5) is 0 Å². The van der Waals surface area contributed by atoms with Gasteiger partial charge in [0.1, 0.15) is 6.29 Å². The molecule has 0 aliphatic rings. The first-order valence-electron chi connectivity index (χ1n) is 6.80. The predicted molar refractivity (Wildman–Crippen MR) is 71.5 cm³/mol. The lowest BCUT2D eigenvalue weighted by Gasteiger charge is -2.13. The molecule has 0 N–H and O–H groups in total. The molecule has 0 aliphatic carbocycles. The summed E-state index contributed by atoms with van der Waals surface area (Å²) in [6.07, 6.45) is 10.5. The average molecular weight is 224 g/mol. The van der Waals surface area contributed by atoms with Gasteiger partial charge in [-0.25, -0.2) is 0 Å². The molecule has 94 valence electrons. The van der Waals surface area contributed by atoms with Gasteiger partial charge in [0.05, 0.1) is 0 Å². The van der Waals surface area contributed by atoms with Crippen LogP contribution in [0.2, 0.25) is 0 Å². The van der Waals surface area contributed by atoms with Crippen molar-refractivity contribution in [2.75, 3.05) is 0 Å². The molecule has 0 radical (unpaired) electrons. The van der Waals surface area contributed by atoms with E-state index in [1.165, 1.54) is 31.3 Å². The Labute approximate surface area is 101 Å². The zero-order chi connectivity index (χ0) is 12.4. The largest absolute Gasteiger partial charge is 0.303 e. The van der Waals surface area contributed by atoms with Crippen molar-refractivity contribution in [2.24, 2.45) is 11.8 Å². The molecule has 0 rings (SSSR count). The maximum Gasteiger partial charge on any atom is 0.123 e. The van der Waals surface area contributed by atoms with Gasteiger partial charge < -0.3 is 4.79 Å². The van der Waals surface area contributed by atoms with Gasteiger partial charge in [0.2, 0.25) is 0 Å². The summed E-state index contributed by atoms with van der Waals surface area (Å²) in [5.41, 5.74) is 1.39. The van der Waals surface area contributed by atoms with Crippen LogP contribution in [0.25, 0.3) is 0 Å². The second kappa shape index (κ2) is 9.62. The quantitative estimate of drug-likeness (QED) is 0.407. The first-order chi connectivity index (χ1) is 7.67. The molecule has 0 amide bonds. The summed E-state index contributed by atoms with van der Waals surface area (Å²) in [4.78, 5) is 10.8. The molecule has 0 heterocycles. The van der Waals surface area contributed by atoms with Crippen LogP contribution in [0.1, 0.15) is 66.2 Å². The summed E-state index contributed by atoms with van der Waals surface area (Å²) in [5, 5.41) is 0. The first kappa shape index (κ1) is 15.4. The summed E-state index contributed by atoms with van der Waals surface area (Å²) in [7, 11) is 0. The van der Waals surface area contributed by atoms with Crippen LogP contribution >= 0.6 is 0 Å². The normalized spacial score (nSPS) is 15.9. The van der Waals surface area contributed by atoms with Gasteiger partial charge >= 0.3 is 0 Å². The Balaban J connectivity index is 4.19. The molecule has 1 heteroatoms. The maximum absolute atomic E-state index is 10.8. The van der Waals surface area contributed by atoms with Crippen LogP contribution in [0.3, 0.4) is 0 Å². The molecule has 0 bridgehead atoms. The Morgan fingerprint density at radius 3 is 2.19 bits per heavy atom. The molecule has 0 aromatic rings. The highest BCUT2D eigenvalue weighted by atomic mass is 16.1. The summed E-state index contributed by atoms with van der Waals surface area (Å²) in [5.74, 6) is 0.934. The Hall–Kier alpha value is -0.590. The van der Waals surface area contributed by atoms with E-state index >= 15 is 0 Å². The first-order valence-corrected chi connectivity index (χ1v) is 6.80. The summed E-state index contributed by atoms with van der Waals surface area (Å²) in [6, 6.07) is 0. The van der Waals surface area contributed by atoms with Gasteiger partial charge in [-0.3, -0.25) is 0 Å². The number of allylic oxidation sites excluding steroid dienone is 2. The average Bonchev–Trinajstić information content (AvgIpc) is 2.31.